The second-order valence-electron chi connectivity index (χ2n) is 5.67. The van der Waals surface area contributed by atoms with Gasteiger partial charge in [-0.2, -0.15) is 0 Å². The molecule has 0 radical (unpaired) electrons. The number of carbonyl (C=O) groups excluding carboxylic acids is 1. The highest BCUT2D eigenvalue weighted by atomic mass is 16.4. The minimum absolute atomic E-state index is 0.0178. The zero-order valence-electron chi connectivity index (χ0n) is 11.8. The van der Waals surface area contributed by atoms with Gasteiger partial charge < -0.3 is 15.3 Å². The first kappa shape index (κ1) is 14.3. The summed E-state index contributed by atoms with van der Waals surface area (Å²) in [5.74, 6) is -0.195. The lowest BCUT2D eigenvalue weighted by molar-refractivity contribution is -0.145. The zero-order valence-corrected chi connectivity index (χ0v) is 11.8. The van der Waals surface area contributed by atoms with E-state index in [-0.39, 0.29) is 24.4 Å². The van der Waals surface area contributed by atoms with Crippen molar-refractivity contribution in [3.8, 4) is 0 Å². The predicted octanol–water partition coefficient (Wildman–Crippen LogP) is 0.944. The molecular formula is C14H24N2O3. The maximum atomic E-state index is 12.0. The van der Waals surface area contributed by atoms with Gasteiger partial charge in [-0.05, 0) is 44.9 Å². The first-order valence-electron chi connectivity index (χ1n) is 7.32. The molecule has 2 aliphatic rings. The van der Waals surface area contributed by atoms with Crippen molar-refractivity contribution in [1.29, 1.82) is 0 Å². The zero-order chi connectivity index (χ0) is 14.0. The summed E-state index contributed by atoms with van der Waals surface area (Å²) in [6.07, 6.45) is 3.14. The van der Waals surface area contributed by atoms with Crippen LogP contribution in [0.15, 0.2) is 0 Å². The molecule has 4 atom stereocenters. The number of amides is 1. The normalized spacial score (nSPS) is 32.5. The van der Waals surface area contributed by atoms with E-state index in [4.69, 9.17) is 0 Å². The molecule has 0 aromatic rings. The second kappa shape index (κ2) is 5.90. The monoisotopic (exact) mass is 268 g/mol. The van der Waals surface area contributed by atoms with Crippen molar-refractivity contribution in [2.75, 3.05) is 19.6 Å². The number of nitrogens with one attached hydrogen (secondary N) is 1. The molecule has 2 aliphatic carbocycles. The molecular weight excluding hydrogens is 244 g/mol. The number of carboxylic acids is 1. The number of carboxylic acid groups (broad SMARTS) is 1. The molecule has 5 heteroatoms. The molecule has 108 valence electrons. The standard InChI is InChI=1S/C14H24N2O3/c1-3-16(4-2)11(17)8-15-13-10-6-5-9(7-10)12(13)14(18)19/h9-10,12-13,15H,3-8H2,1-2H3,(H,18,19). The molecule has 2 N–H and O–H groups in total. The fourth-order valence-electron chi connectivity index (χ4n) is 3.83. The molecule has 0 heterocycles. The number of fused-ring (bicyclic) bond motifs is 2. The molecule has 1 amide bonds. The maximum Gasteiger partial charge on any atom is 0.308 e. The molecule has 19 heavy (non-hydrogen) atoms. The SMILES string of the molecule is CCN(CC)C(=O)CNC1C2CCC(C2)C1C(=O)O. The fourth-order valence-corrected chi connectivity index (χ4v) is 3.83. The van der Waals surface area contributed by atoms with E-state index in [1.807, 2.05) is 13.8 Å². The molecule has 2 rings (SSSR count). The van der Waals surface area contributed by atoms with Crippen LogP contribution < -0.4 is 5.32 Å². The molecule has 4 unspecified atom stereocenters. The Morgan fingerprint density at radius 1 is 1.21 bits per heavy atom. The Balaban J connectivity index is 1.91. The smallest absolute Gasteiger partial charge is 0.308 e. The molecule has 0 aromatic heterocycles. The van der Waals surface area contributed by atoms with E-state index >= 15 is 0 Å². The average molecular weight is 268 g/mol. The van der Waals surface area contributed by atoms with E-state index in [1.54, 1.807) is 4.90 Å². The minimum atomic E-state index is -0.708. The van der Waals surface area contributed by atoms with Crippen LogP contribution in [0.1, 0.15) is 33.1 Å². The highest BCUT2D eigenvalue weighted by Crippen LogP contribution is 2.48. The van der Waals surface area contributed by atoms with Gasteiger partial charge in [-0.3, -0.25) is 9.59 Å². The van der Waals surface area contributed by atoms with Crippen LogP contribution in [0.2, 0.25) is 0 Å². The molecule has 2 fully saturated rings. The Morgan fingerprint density at radius 3 is 2.42 bits per heavy atom. The summed E-state index contributed by atoms with van der Waals surface area (Å²) < 4.78 is 0. The molecule has 0 saturated heterocycles. The van der Waals surface area contributed by atoms with Gasteiger partial charge in [0.25, 0.3) is 0 Å². The molecule has 0 aromatic carbocycles. The van der Waals surface area contributed by atoms with Crippen LogP contribution in [0.5, 0.6) is 0 Å². The number of hydrogen-bond donors (Lipinski definition) is 2. The van der Waals surface area contributed by atoms with E-state index in [0.717, 1.165) is 19.3 Å². The van der Waals surface area contributed by atoms with Gasteiger partial charge in [0.2, 0.25) is 5.91 Å². The first-order chi connectivity index (χ1) is 9.08. The maximum absolute atomic E-state index is 12.0. The van der Waals surface area contributed by atoms with Crippen molar-refractivity contribution in [2.24, 2.45) is 17.8 Å². The van der Waals surface area contributed by atoms with Crippen LogP contribution in [0, 0.1) is 17.8 Å². The van der Waals surface area contributed by atoms with Crippen molar-refractivity contribution < 1.29 is 14.7 Å². The number of carbonyl (C=O) groups is 2. The van der Waals surface area contributed by atoms with Crippen LogP contribution in [0.3, 0.4) is 0 Å². The number of hydrogen-bond acceptors (Lipinski definition) is 3. The van der Waals surface area contributed by atoms with E-state index in [1.165, 1.54) is 0 Å². The third-order valence-electron chi connectivity index (χ3n) is 4.81. The van der Waals surface area contributed by atoms with Crippen LogP contribution in [-0.2, 0) is 9.59 Å². The van der Waals surface area contributed by atoms with Crippen LogP contribution in [0.4, 0.5) is 0 Å². The van der Waals surface area contributed by atoms with Crippen molar-refractivity contribution in [1.82, 2.24) is 10.2 Å². The summed E-state index contributed by atoms with van der Waals surface area (Å²) in [5.41, 5.74) is 0. The lowest BCUT2D eigenvalue weighted by Crippen LogP contribution is -2.48. The molecule has 2 bridgehead atoms. The number of rotatable bonds is 6. The third kappa shape index (κ3) is 2.76. The average Bonchev–Trinajstić information content (AvgIpc) is 2.97. The van der Waals surface area contributed by atoms with Crippen molar-refractivity contribution in [3.05, 3.63) is 0 Å². The summed E-state index contributed by atoms with van der Waals surface area (Å²) in [4.78, 5) is 25.1. The molecule has 0 aliphatic heterocycles. The van der Waals surface area contributed by atoms with Crippen molar-refractivity contribution >= 4 is 11.9 Å². The van der Waals surface area contributed by atoms with Gasteiger partial charge in [-0.1, -0.05) is 0 Å². The Bertz CT molecular complexity index is 355. The summed E-state index contributed by atoms with van der Waals surface area (Å²) in [6, 6.07) is -0.0178. The summed E-state index contributed by atoms with van der Waals surface area (Å²) in [7, 11) is 0. The molecule has 0 spiro atoms. The van der Waals surface area contributed by atoms with E-state index < -0.39 is 5.97 Å². The highest BCUT2D eigenvalue weighted by molar-refractivity contribution is 5.78. The van der Waals surface area contributed by atoms with Crippen molar-refractivity contribution in [2.45, 2.75) is 39.2 Å². The Labute approximate surface area is 114 Å². The number of aliphatic carboxylic acids is 1. The van der Waals surface area contributed by atoms with Gasteiger partial charge in [0, 0.05) is 19.1 Å². The quantitative estimate of drug-likeness (QED) is 0.752. The van der Waals surface area contributed by atoms with Gasteiger partial charge in [0.15, 0.2) is 0 Å². The predicted molar refractivity (Wildman–Crippen MR) is 71.7 cm³/mol. The second-order valence-corrected chi connectivity index (χ2v) is 5.67. The molecule has 5 nitrogen and oxygen atoms in total. The van der Waals surface area contributed by atoms with Crippen LogP contribution in [0.25, 0.3) is 0 Å². The van der Waals surface area contributed by atoms with Gasteiger partial charge in [-0.25, -0.2) is 0 Å². The van der Waals surface area contributed by atoms with Crippen molar-refractivity contribution in [3.63, 3.8) is 0 Å². The largest absolute Gasteiger partial charge is 0.481 e. The lowest BCUT2D eigenvalue weighted by atomic mass is 9.84. The van der Waals surface area contributed by atoms with Gasteiger partial charge in [0.1, 0.15) is 0 Å². The Kier molecular flexibility index (Phi) is 4.45. The van der Waals surface area contributed by atoms with Crippen LogP contribution in [-0.4, -0.2) is 47.6 Å². The summed E-state index contributed by atoms with van der Waals surface area (Å²) in [5, 5.41) is 12.6. The lowest BCUT2D eigenvalue weighted by Gasteiger charge is -2.29. The molecule has 2 saturated carbocycles. The van der Waals surface area contributed by atoms with Gasteiger partial charge in [-0.15, -0.1) is 0 Å². The summed E-state index contributed by atoms with van der Waals surface area (Å²) in [6.45, 7) is 5.59. The topological polar surface area (TPSA) is 69.6 Å². The van der Waals surface area contributed by atoms with E-state index in [2.05, 4.69) is 5.32 Å². The number of nitrogens with zero attached hydrogens (tertiary/aromatic N) is 1. The minimum Gasteiger partial charge on any atom is -0.481 e. The summed E-state index contributed by atoms with van der Waals surface area (Å²) >= 11 is 0. The van der Waals surface area contributed by atoms with Gasteiger partial charge in [0.05, 0.1) is 12.5 Å². The Morgan fingerprint density at radius 2 is 1.84 bits per heavy atom. The fraction of sp³-hybridized carbons (Fsp3) is 0.857. The number of likely N-dealkylation sites (N-methyl/N-ethyl adjacent to an activating group) is 1. The van der Waals surface area contributed by atoms with E-state index in [9.17, 15) is 14.7 Å². The highest BCUT2D eigenvalue weighted by Gasteiger charge is 2.50. The Hall–Kier alpha value is -1.10. The van der Waals surface area contributed by atoms with Crippen LogP contribution >= 0.6 is 0 Å². The first-order valence-corrected chi connectivity index (χ1v) is 7.32. The van der Waals surface area contributed by atoms with Gasteiger partial charge >= 0.3 is 5.97 Å². The third-order valence-corrected chi connectivity index (χ3v) is 4.81. The van der Waals surface area contributed by atoms with E-state index in [0.29, 0.717) is 24.9 Å².